The standard InChI is InChI=1S/C45H44N4/c1-31-28-34(4)43(35(5)29-31)42-24-25-47-49(42)41-22-18-37(19-23-41)13-15-39-11-7-10-38(30-39)14-12-36-16-20-40(21-17-36)45-46-26-27-48(45)44-32(2)8-6-9-33(44)3/h6-11,16-30H,12-15H2,1-5H3. The molecular weight excluding hydrogens is 597 g/mol. The second-order valence-electron chi connectivity index (χ2n) is 13.4. The normalized spacial score (nSPS) is 11.3. The molecule has 2 heterocycles. The van der Waals surface area contributed by atoms with Crippen LogP contribution < -0.4 is 0 Å². The van der Waals surface area contributed by atoms with Crippen molar-refractivity contribution in [2.24, 2.45) is 0 Å². The number of benzene rings is 5. The first-order valence-electron chi connectivity index (χ1n) is 17.3. The maximum Gasteiger partial charge on any atom is 0.144 e. The van der Waals surface area contributed by atoms with Gasteiger partial charge in [-0.15, -0.1) is 0 Å². The van der Waals surface area contributed by atoms with Crippen LogP contribution in [0.3, 0.4) is 0 Å². The first-order chi connectivity index (χ1) is 23.8. The first kappa shape index (κ1) is 32.1. The number of imidazole rings is 1. The summed E-state index contributed by atoms with van der Waals surface area (Å²) in [5, 5.41) is 4.69. The largest absolute Gasteiger partial charge is 0.299 e. The number of aromatic nitrogens is 4. The number of nitrogens with zero attached hydrogens (tertiary/aromatic N) is 4. The molecule has 0 radical (unpaired) electrons. The van der Waals surface area contributed by atoms with Gasteiger partial charge in [-0.25, -0.2) is 9.67 Å². The summed E-state index contributed by atoms with van der Waals surface area (Å²) in [5.41, 5.74) is 17.6. The van der Waals surface area contributed by atoms with E-state index in [0.29, 0.717) is 0 Å². The summed E-state index contributed by atoms with van der Waals surface area (Å²) >= 11 is 0. The Labute approximate surface area is 290 Å². The Morgan fingerprint density at radius 2 is 1.10 bits per heavy atom. The lowest BCUT2D eigenvalue weighted by Crippen LogP contribution is -2.02. The van der Waals surface area contributed by atoms with E-state index in [-0.39, 0.29) is 0 Å². The number of rotatable bonds is 10. The third-order valence-electron chi connectivity index (χ3n) is 9.69. The lowest BCUT2D eigenvalue weighted by atomic mass is 9.97. The first-order valence-corrected chi connectivity index (χ1v) is 17.3. The smallest absolute Gasteiger partial charge is 0.144 e. The quantitative estimate of drug-likeness (QED) is 0.149. The SMILES string of the molecule is Cc1cc(C)c(-c2ccnn2-c2ccc(CCc3cccc(CCc4ccc(-c5nccn5-c5c(C)cccc5C)cc4)c3)cc2)c(C)c1. The maximum atomic E-state index is 4.72. The van der Waals surface area contributed by atoms with Crippen molar-refractivity contribution in [1.82, 2.24) is 19.3 Å². The zero-order valence-electron chi connectivity index (χ0n) is 29.2. The molecule has 0 unspecified atom stereocenters. The highest BCUT2D eigenvalue weighted by atomic mass is 15.3. The molecule has 0 atom stereocenters. The summed E-state index contributed by atoms with van der Waals surface area (Å²) in [6.07, 6.45) is 9.90. The van der Waals surface area contributed by atoms with Crippen LogP contribution in [0.4, 0.5) is 0 Å². The average molecular weight is 641 g/mol. The molecule has 0 saturated heterocycles. The van der Waals surface area contributed by atoms with Crippen molar-refractivity contribution in [2.45, 2.75) is 60.3 Å². The van der Waals surface area contributed by atoms with Crippen LogP contribution in [0.25, 0.3) is 34.0 Å². The molecule has 5 aromatic carbocycles. The fraction of sp³-hybridized carbons (Fsp3) is 0.200. The Morgan fingerprint density at radius 1 is 0.531 bits per heavy atom. The Balaban J connectivity index is 0.972. The van der Waals surface area contributed by atoms with Crippen LogP contribution in [-0.4, -0.2) is 19.3 Å². The molecule has 0 saturated carbocycles. The summed E-state index contributed by atoms with van der Waals surface area (Å²) in [6, 6.07) is 40.0. The van der Waals surface area contributed by atoms with Crippen molar-refractivity contribution in [2.75, 3.05) is 0 Å². The number of aryl methyl sites for hydroxylation is 9. The van der Waals surface area contributed by atoms with Crippen molar-refractivity contribution < 1.29 is 0 Å². The van der Waals surface area contributed by atoms with Gasteiger partial charge >= 0.3 is 0 Å². The number of para-hydroxylation sites is 1. The molecule has 7 rings (SSSR count). The number of hydrogen-bond donors (Lipinski definition) is 0. The topological polar surface area (TPSA) is 35.6 Å². The highest BCUT2D eigenvalue weighted by Crippen LogP contribution is 2.30. The van der Waals surface area contributed by atoms with Crippen LogP contribution in [0.1, 0.15) is 50.1 Å². The van der Waals surface area contributed by atoms with Crippen molar-refractivity contribution in [3.05, 3.63) is 178 Å². The van der Waals surface area contributed by atoms with E-state index < -0.39 is 0 Å². The molecule has 0 bridgehead atoms. The monoisotopic (exact) mass is 640 g/mol. The highest BCUT2D eigenvalue weighted by Gasteiger charge is 2.14. The summed E-state index contributed by atoms with van der Waals surface area (Å²) < 4.78 is 4.27. The molecule has 244 valence electrons. The third kappa shape index (κ3) is 6.91. The minimum Gasteiger partial charge on any atom is -0.299 e. The second-order valence-corrected chi connectivity index (χ2v) is 13.4. The Morgan fingerprint density at radius 3 is 1.73 bits per heavy atom. The van der Waals surface area contributed by atoms with Gasteiger partial charge < -0.3 is 0 Å². The van der Waals surface area contributed by atoms with Crippen molar-refractivity contribution in [3.63, 3.8) is 0 Å². The van der Waals surface area contributed by atoms with E-state index in [4.69, 9.17) is 4.98 Å². The van der Waals surface area contributed by atoms with Crippen molar-refractivity contribution >= 4 is 0 Å². The Hall–Kier alpha value is -5.48. The van der Waals surface area contributed by atoms with E-state index in [1.54, 1.807) is 0 Å². The second kappa shape index (κ2) is 13.9. The fourth-order valence-corrected chi connectivity index (χ4v) is 7.31. The molecule has 0 amide bonds. The molecule has 0 aliphatic carbocycles. The highest BCUT2D eigenvalue weighted by molar-refractivity contribution is 5.70. The molecule has 7 aromatic rings. The van der Waals surface area contributed by atoms with Gasteiger partial charge in [0.05, 0.1) is 23.3 Å². The molecule has 4 heteroatoms. The molecule has 0 fully saturated rings. The summed E-state index contributed by atoms with van der Waals surface area (Å²) in [7, 11) is 0. The molecule has 0 aliphatic heterocycles. The van der Waals surface area contributed by atoms with E-state index in [0.717, 1.165) is 48.5 Å². The van der Waals surface area contributed by atoms with Gasteiger partial charge in [-0.2, -0.15) is 5.10 Å². The van der Waals surface area contributed by atoms with Gasteiger partial charge in [-0.3, -0.25) is 4.57 Å². The van der Waals surface area contributed by atoms with Crippen molar-refractivity contribution in [1.29, 1.82) is 0 Å². The van der Waals surface area contributed by atoms with Gasteiger partial charge in [0.25, 0.3) is 0 Å². The third-order valence-corrected chi connectivity index (χ3v) is 9.69. The van der Waals surface area contributed by atoms with Gasteiger partial charge in [0, 0.05) is 23.5 Å². The predicted molar refractivity (Wildman–Crippen MR) is 203 cm³/mol. The van der Waals surface area contributed by atoms with E-state index in [1.165, 1.54) is 61.3 Å². The van der Waals surface area contributed by atoms with Gasteiger partial charge in [0.2, 0.25) is 0 Å². The molecular formula is C45H44N4. The maximum absolute atomic E-state index is 4.72. The van der Waals surface area contributed by atoms with E-state index in [9.17, 15) is 0 Å². The van der Waals surface area contributed by atoms with Crippen LogP contribution in [0.15, 0.2) is 128 Å². The predicted octanol–water partition coefficient (Wildman–Crippen LogP) is 10.5. The lowest BCUT2D eigenvalue weighted by Gasteiger charge is -2.14. The van der Waals surface area contributed by atoms with Crippen LogP contribution >= 0.6 is 0 Å². The fourth-order valence-electron chi connectivity index (χ4n) is 7.31. The van der Waals surface area contributed by atoms with Gasteiger partial charge in [0.15, 0.2) is 0 Å². The molecule has 0 aliphatic rings. The summed E-state index contributed by atoms with van der Waals surface area (Å²) in [6.45, 7) is 10.9. The molecule has 2 aromatic heterocycles. The molecule has 4 nitrogen and oxygen atoms in total. The van der Waals surface area contributed by atoms with E-state index in [2.05, 4.69) is 164 Å². The minimum absolute atomic E-state index is 0.977. The molecule has 0 N–H and O–H groups in total. The van der Waals surface area contributed by atoms with Crippen LogP contribution in [-0.2, 0) is 25.7 Å². The van der Waals surface area contributed by atoms with Crippen LogP contribution in [0, 0.1) is 34.6 Å². The van der Waals surface area contributed by atoms with Crippen molar-refractivity contribution in [3.8, 4) is 34.0 Å². The number of hydrogen-bond acceptors (Lipinski definition) is 2. The minimum atomic E-state index is 0.977. The average Bonchev–Trinajstić information content (AvgIpc) is 3.77. The van der Waals surface area contributed by atoms with Gasteiger partial charge in [-0.05, 0) is 123 Å². The molecule has 49 heavy (non-hydrogen) atoms. The zero-order valence-corrected chi connectivity index (χ0v) is 29.2. The Kier molecular flexibility index (Phi) is 9.13. The van der Waals surface area contributed by atoms with Crippen LogP contribution in [0.5, 0.6) is 0 Å². The van der Waals surface area contributed by atoms with Crippen LogP contribution in [0.2, 0.25) is 0 Å². The van der Waals surface area contributed by atoms with Gasteiger partial charge in [0.1, 0.15) is 5.82 Å². The van der Waals surface area contributed by atoms with Gasteiger partial charge in [-0.1, -0.05) is 96.6 Å². The van der Waals surface area contributed by atoms with E-state index >= 15 is 0 Å². The zero-order chi connectivity index (χ0) is 33.9. The molecule has 0 spiro atoms. The Bertz CT molecular complexity index is 2170. The van der Waals surface area contributed by atoms with E-state index in [1.807, 2.05) is 12.4 Å². The summed E-state index contributed by atoms with van der Waals surface area (Å²) in [4.78, 5) is 4.72. The lowest BCUT2D eigenvalue weighted by molar-refractivity contribution is 0.882. The summed E-state index contributed by atoms with van der Waals surface area (Å²) in [5.74, 6) is 0.977.